The molecule has 1 amide bonds. The maximum Gasteiger partial charge on any atom is 0.408 e. The van der Waals surface area contributed by atoms with Gasteiger partial charge in [0.15, 0.2) is 6.04 Å². The van der Waals surface area contributed by atoms with Crippen molar-refractivity contribution in [1.82, 2.24) is 5.32 Å². The Hall–Kier alpha value is -2.76. The van der Waals surface area contributed by atoms with E-state index in [1.165, 1.54) is 6.07 Å². The molecule has 0 aliphatic rings. The number of furan rings is 1. The van der Waals surface area contributed by atoms with Crippen molar-refractivity contribution < 1.29 is 23.8 Å². The summed E-state index contributed by atoms with van der Waals surface area (Å²) >= 11 is 0. The van der Waals surface area contributed by atoms with E-state index in [2.05, 4.69) is 5.32 Å². The normalized spacial score (nSPS) is 11.7. The third-order valence-corrected chi connectivity index (χ3v) is 2.77. The van der Waals surface area contributed by atoms with E-state index in [-0.39, 0.29) is 12.4 Å². The number of ether oxygens (including phenoxy) is 1. The average molecular weight is 289 g/mol. The van der Waals surface area contributed by atoms with E-state index < -0.39 is 18.1 Å². The molecule has 0 spiro atoms. The molecule has 1 aromatic heterocycles. The summed E-state index contributed by atoms with van der Waals surface area (Å²) in [4.78, 5) is 22.9. The van der Waals surface area contributed by atoms with Gasteiger partial charge in [-0.05, 0) is 24.6 Å². The smallest absolute Gasteiger partial charge is 0.408 e. The Morgan fingerprint density at radius 1 is 1.24 bits per heavy atom. The zero-order valence-corrected chi connectivity index (χ0v) is 11.4. The van der Waals surface area contributed by atoms with Crippen molar-refractivity contribution >= 4 is 12.1 Å². The number of amides is 1. The number of rotatable bonds is 5. The number of aryl methyl sites for hydroxylation is 1. The average Bonchev–Trinajstić information content (AvgIpc) is 2.89. The van der Waals surface area contributed by atoms with Crippen molar-refractivity contribution in [1.29, 1.82) is 0 Å². The van der Waals surface area contributed by atoms with E-state index in [9.17, 15) is 9.59 Å². The standard InChI is InChI=1S/C15H15NO5/c1-10-7-8-12(21-10)13(14(17)18)16-15(19)20-9-11-5-3-2-4-6-11/h2-8,13H,9H2,1H3,(H,16,19)(H,17,18)/t13-/m1/s1. The molecule has 21 heavy (non-hydrogen) atoms. The van der Waals surface area contributed by atoms with Gasteiger partial charge in [0, 0.05) is 0 Å². The lowest BCUT2D eigenvalue weighted by molar-refractivity contribution is -0.140. The molecule has 2 N–H and O–H groups in total. The summed E-state index contributed by atoms with van der Waals surface area (Å²) in [5.74, 6) is -0.506. The van der Waals surface area contributed by atoms with Gasteiger partial charge in [0.05, 0.1) is 0 Å². The number of hydrogen-bond donors (Lipinski definition) is 2. The van der Waals surface area contributed by atoms with Crippen LogP contribution in [-0.4, -0.2) is 17.2 Å². The summed E-state index contributed by atoms with van der Waals surface area (Å²) in [6.45, 7) is 1.76. The first-order valence-corrected chi connectivity index (χ1v) is 6.32. The summed E-state index contributed by atoms with van der Waals surface area (Å²) in [6.07, 6.45) is -0.819. The van der Waals surface area contributed by atoms with E-state index >= 15 is 0 Å². The molecule has 1 heterocycles. The molecule has 0 fully saturated rings. The van der Waals surface area contributed by atoms with Gasteiger partial charge in [-0.1, -0.05) is 30.3 Å². The van der Waals surface area contributed by atoms with Gasteiger partial charge in [-0.2, -0.15) is 0 Å². The number of nitrogens with one attached hydrogen (secondary N) is 1. The molecular formula is C15H15NO5. The Morgan fingerprint density at radius 2 is 1.95 bits per heavy atom. The zero-order chi connectivity index (χ0) is 15.2. The Bertz CT molecular complexity index is 620. The first-order valence-electron chi connectivity index (χ1n) is 6.32. The highest BCUT2D eigenvalue weighted by Crippen LogP contribution is 2.16. The van der Waals surface area contributed by atoms with Gasteiger partial charge in [-0.15, -0.1) is 0 Å². The molecular weight excluding hydrogens is 274 g/mol. The molecule has 6 heteroatoms. The van der Waals surface area contributed by atoms with E-state index in [4.69, 9.17) is 14.3 Å². The fourth-order valence-corrected chi connectivity index (χ4v) is 1.75. The molecule has 110 valence electrons. The third kappa shape index (κ3) is 4.10. The van der Waals surface area contributed by atoms with E-state index in [1.54, 1.807) is 25.1 Å². The van der Waals surface area contributed by atoms with Crippen LogP contribution in [0, 0.1) is 6.92 Å². The molecule has 0 saturated carbocycles. The lowest BCUT2D eigenvalue weighted by Gasteiger charge is -2.12. The van der Waals surface area contributed by atoms with Gasteiger partial charge in [0.25, 0.3) is 0 Å². The van der Waals surface area contributed by atoms with Crippen LogP contribution in [0.2, 0.25) is 0 Å². The van der Waals surface area contributed by atoms with Crippen molar-refractivity contribution in [3.63, 3.8) is 0 Å². The zero-order valence-electron chi connectivity index (χ0n) is 11.4. The SMILES string of the molecule is Cc1ccc([C@@H](NC(=O)OCc2ccccc2)C(=O)O)o1. The molecule has 0 unspecified atom stereocenters. The molecule has 0 aliphatic carbocycles. The number of carboxylic acids is 1. The highest BCUT2D eigenvalue weighted by atomic mass is 16.5. The predicted octanol–water partition coefficient (Wildman–Crippen LogP) is 2.64. The van der Waals surface area contributed by atoms with Crippen molar-refractivity contribution in [2.75, 3.05) is 0 Å². The Morgan fingerprint density at radius 3 is 2.52 bits per heavy atom. The van der Waals surface area contributed by atoms with Crippen LogP contribution in [0.1, 0.15) is 23.1 Å². The minimum Gasteiger partial charge on any atom is -0.479 e. The van der Waals surface area contributed by atoms with Gasteiger partial charge in [0.1, 0.15) is 18.1 Å². The van der Waals surface area contributed by atoms with Crippen LogP contribution in [-0.2, 0) is 16.1 Å². The summed E-state index contributed by atoms with van der Waals surface area (Å²) in [7, 11) is 0. The second-order valence-corrected chi connectivity index (χ2v) is 4.43. The van der Waals surface area contributed by atoms with Crippen LogP contribution in [0.15, 0.2) is 46.9 Å². The summed E-state index contributed by atoms with van der Waals surface area (Å²) < 4.78 is 10.2. The minimum absolute atomic E-state index is 0.0657. The van der Waals surface area contributed by atoms with Crippen LogP contribution in [0.4, 0.5) is 4.79 Å². The first kappa shape index (κ1) is 14.6. The largest absolute Gasteiger partial charge is 0.479 e. The lowest BCUT2D eigenvalue weighted by Crippen LogP contribution is -2.33. The molecule has 0 bridgehead atoms. The topological polar surface area (TPSA) is 88.8 Å². The van der Waals surface area contributed by atoms with Gasteiger partial charge >= 0.3 is 12.1 Å². The number of benzene rings is 1. The molecule has 6 nitrogen and oxygen atoms in total. The summed E-state index contributed by atoms with van der Waals surface area (Å²) in [6, 6.07) is 11.0. The summed E-state index contributed by atoms with van der Waals surface area (Å²) in [5.41, 5.74) is 0.813. The Balaban J connectivity index is 1.94. The number of hydrogen-bond acceptors (Lipinski definition) is 4. The van der Waals surface area contributed by atoms with Crippen molar-refractivity contribution in [2.45, 2.75) is 19.6 Å². The van der Waals surface area contributed by atoms with E-state index in [1.807, 2.05) is 18.2 Å². The maximum absolute atomic E-state index is 11.7. The molecule has 0 saturated heterocycles. The fraction of sp³-hybridized carbons (Fsp3) is 0.200. The van der Waals surface area contributed by atoms with Crippen LogP contribution >= 0.6 is 0 Å². The van der Waals surface area contributed by atoms with Gasteiger partial charge in [0.2, 0.25) is 0 Å². The summed E-state index contributed by atoms with van der Waals surface area (Å²) in [5, 5.41) is 11.4. The molecule has 0 radical (unpaired) electrons. The van der Waals surface area contributed by atoms with Crippen molar-refractivity contribution in [3.05, 3.63) is 59.5 Å². The fourth-order valence-electron chi connectivity index (χ4n) is 1.75. The van der Waals surface area contributed by atoms with Crippen LogP contribution in [0.5, 0.6) is 0 Å². The highest BCUT2D eigenvalue weighted by Gasteiger charge is 2.25. The monoisotopic (exact) mass is 289 g/mol. The molecule has 2 aromatic rings. The van der Waals surface area contributed by atoms with Crippen LogP contribution in [0.25, 0.3) is 0 Å². The quantitative estimate of drug-likeness (QED) is 0.883. The maximum atomic E-state index is 11.7. The second-order valence-electron chi connectivity index (χ2n) is 4.43. The first-order chi connectivity index (χ1) is 10.1. The minimum atomic E-state index is -1.28. The van der Waals surface area contributed by atoms with Crippen LogP contribution < -0.4 is 5.32 Å². The van der Waals surface area contributed by atoms with Crippen LogP contribution in [0.3, 0.4) is 0 Å². The Kier molecular flexibility index (Phi) is 4.61. The molecule has 0 aliphatic heterocycles. The Labute approximate surface area is 121 Å². The van der Waals surface area contributed by atoms with Crippen molar-refractivity contribution in [2.24, 2.45) is 0 Å². The number of carbonyl (C=O) groups is 2. The number of aliphatic carboxylic acids is 1. The predicted molar refractivity (Wildman–Crippen MR) is 73.6 cm³/mol. The highest BCUT2D eigenvalue weighted by molar-refractivity contribution is 5.80. The number of alkyl carbamates (subject to hydrolysis) is 1. The van der Waals surface area contributed by atoms with E-state index in [0.717, 1.165) is 5.56 Å². The van der Waals surface area contributed by atoms with Gasteiger partial charge < -0.3 is 19.6 Å². The number of carboxylic acid groups (broad SMARTS) is 1. The van der Waals surface area contributed by atoms with Crippen molar-refractivity contribution in [3.8, 4) is 0 Å². The van der Waals surface area contributed by atoms with Gasteiger partial charge in [-0.3, -0.25) is 0 Å². The van der Waals surface area contributed by atoms with Gasteiger partial charge in [-0.25, -0.2) is 9.59 Å². The van der Waals surface area contributed by atoms with E-state index in [0.29, 0.717) is 5.76 Å². The second kappa shape index (κ2) is 6.60. The molecule has 1 aromatic carbocycles. The number of carbonyl (C=O) groups excluding carboxylic acids is 1. The molecule has 1 atom stereocenters. The molecule has 2 rings (SSSR count). The third-order valence-electron chi connectivity index (χ3n) is 2.77. The lowest BCUT2D eigenvalue weighted by atomic mass is 10.2.